The van der Waals surface area contributed by atoms with Gasteiger partial charge in [0.25, 0.3) is 0 Å². The molecule has 8 heteroatoms. The SMILES string of the molecule is COc1cc(OC(F)(F)F)ccc1-c1cnc(NC2CCC(C)CC2)nc1. The van der Waals surface area contributed by atoms with Gasteiger partial charge in [0.15, 0.2) is 0 Å². The van der Waals surface area contributed by atoms with E-state index in [0.29, 0.717) is 23.1 Å². The Hall–Kier alpha value is -2.51. The van der Waals surface area contributed by atoms with Crippen molar-refractivity contribution in [3.63, 3.8) is 0 Å². The molecule has 1 saturated carbocycles. The molecule has 0 unspecified atom stereocenters. The number of anilines is 1. The molecule has 1 aromatic heterocycles. The van der Waals surface area contributed by atoms with Crippen LogP contribution in [-0.4, -0.2) is 29.5 Å². The Morgan fingerprint density at radius 1 is 1.07 bits per heavy atom. The van der Waals surface area contributed by atoms with Gasteiger partial charge in [0.1, 0.15) is 11.5 Å². The van der Waals surface area contributed by atoms with Crippen molar-refractivity contribution in [3.05, 3.63) is 30.6 Å². The van der Waals surface area contributed by atoms with E-state index < -0.39 is 6.36 Å². The molecule has 3 rings (SSSR count). The summed E-state index contributed by atoms with van der Waals surface area (Å²) in [4.78, 5) is 8.67. The van der Waals surface area contributed by atoms with E-state index in [1.807, 2.05) is 0 Å². The highest BCUT2D eigenvalue weighted by molar-refractivity contribution is 5.70. The molecule has 0 amide bonds. The maximum atomic E-state index is 12.4. The van der Waals surface area contributed by atoms with E-state index in [1.165, 1.54) is 38.2 Å². The molecule has 27 heavy (non-hydrogen) atoms. The molecule has 0 bridgehead atoms. The minimum atomic E-state index is -4.75. The van der Waals surface area contributed by atoms with Crippen LogP contribution in [0.4, 0.5) is 19.1 Å². The third-order valence-corrected chi connectivity index (χ3v) is 4.72. The van der Waals surface area contributed by atoms with E-state index in [2.05, 4.69) is 26.9 Å². The van der Waals surface area contributed by atoms with Crippen LogP contribution in [0.1, 0.15) is 32.6 Å². The molecule has 0 aliphatic heterocycles. The Morgan fingerprint density at radius 3 is 2.33 bits per heavy atom. The standard InChI is InChI=1S/C19H22F3N3O2/c1-12-3-5-14(6-4-12)25-18-23-10-13(11-24-18)16-8-7-15(9-17(16)26-2)27-19(20,21)22/h7-12,14H,3-6H2,1-2H3,(H,23,24,25). The number of hydrogen-bond acceptors (Lipinski definition) is 5. The number of hydrogen-bond donors (Lipinski definition) is 1. The highest BCUT2D eigenvalue weighted by Gasteiger charge is 2.31. The number of methoxy groups -OCH3 is 1. The molecule has 0 saturated heterocycles. The van der Waals surface area contributed by atoms with Gasteiger partial charge in [-0.3, -0.25) is 0 Å². The van der Waals surface area contributed by atoms with Gasteiger partial charge in [-0.2, -0.15) is 0 Å². The second-order valence-electron chi connectivity index (χ2n) is 6.81. The zero-order chi connectivity index (χ0) is 19.4. The summed E-state index contributed by atoms with van der Waals surface area (Å²) in [7, 11) is 1.39. The van der Waals surface area contributed by atoms with Crippen LogP contribution in [0.15, 0.2) is 30.6 Å². The summed E-state index contributed by atoms with van der Waals surface area (Å²) in [5.41, 5.74) is 1.23. The molecule has 0 radical (unpaired) electrons. The molecule has 146 valence electrons. The van der Waals surface area contributed by atoms with Crippen LogP contribution in [0.25, 0.3) is 11.1 Å². The first-order valence-corrected chi connectivity index (χ1v) is 8.87. The predicted octanol–water partition coefficient (Wildman–Crippen LogP) is 5.04. The fourth-order valence-corrected chi connectivity index (χ4v) is 3.24. The number of halogens is 3. The molecule has 1 N–H and O–H groups in total. The number of benzene rings is 1. The van der Waals surface area contributed by atoms with Gasteiger partial charge < -0.3 is 14.8 Å². The average molecular weight is 381 g/mol. The van der Waals surface area contributed by atoms with E-state index in [0.717, 1.165) is 18.8 Å². The Morgan fingerprint density at radius 2 is 1.74 bits per heavy atom. The second kappa shape index (κ2) is 8.02. The zero-order valence-electron chi connectivity index (χ0n) is 15.2. The highest BCUT2D eigenvalue weighted by atomic mass is 19.4. The molecular formula is C19H22F3N3O2. The lowest BCUT2D eigenvalue weighted by atomic mass is 9.87. The van der Waals surface area contributed by atoms with E-state index in [1.54, 1.807) is 12.4 Å². The van der Waals surface area contributed by atoms with Crippen LogP contribution in [-0.2, 0) is 0 Å². The Kier molecular flexibility index (Phi) is 5.72. The topological polar surface area (TPSA) is 56.3 Å². The maximum Gasteiger partial charge on any atom is 0.573 e. The molecule has 5 nitrogen and oxygen atoms in total. The van der Waals surface area contributed by atoms with Crippen LogP contribution in [0.5, 0.6) is 11.5 Å². The summed E-state index contributed by atoms with van der Waals surface area (Å²) in [5.74, 6) is 1.23. The Balaban J connectivity index is 1.72. The third-order valence-electron chi connectivity index (χ3n) is 4.72. The van der Waals surface area contributed by atoms with E-state index in [9.17, 15) is 13.2 Å². The third kappa shape index (κ3) is 5.24. The van der Waals surface area contributed by atoms with Gasteiger partial charge in [0.2, 0.25) is 5.95 Å². The van der Waals surface area contributed by atoms with Gasteiger partial charge in [-0.05, 0) is 43.7 Å². The first-order chi connectivity index (χ1) is 12.8. The molecule has 1 aliphatic carbocycles. The Bertz CT molecular complexity index is 758. The quantitative estimate of drug-likeness (QED) is 0.786. The first kappa shape index (κ1) is 19.3. The molecular weight excluding hydrogens is 359 g/mol. The molecule has 0 atom stereocenters. The van der Waals surface area contributed by atoms with Crippen molar-refractivity contribution in [1.29, 1.82) is 0 Å². The van der Waals surface area contributed by atoms with Crippen molar-refractivity contribution in [3.8, 4) is 22.6 Å². The lowest BCUT2D eigenvalue weighted by Crippen LogP contribution is -2.26. The van der Waals surface area contributed by atoms with Crippen molar-refractivity contribution < 1.29 is 22.6 Å². The van der Waals surface area contributed by atoms with Crippen LogP contribution in [0.2, 0.25) is 0 Å². The van der Waals surface area contributed by atoms with Gasteiger partial charge in [-0.15, -0.1) is 13.2 Å². The fraction of sp³-hybridized carbons (Fsp3) is 0.474. The average Bonchev–Trinajstić information content (AvgIpc) is 2.63. The lowest BCUT2D eigenvalue weighted by Gasteiger charge is -2.26. The maximum absolute atomic E-state index is 12.4. The normalized spacial score (nSPS) is 20.2. The van der Waals surface area contributed by atoms with Gasteiger partial charge in [-0.25, -0.2) is 9.97 Å². The van der Waals surface area contributed by atoms with Gasteiger partial charge in [-0.1, -0.05) is 6.92 Å². The molecule has 1 heterocycles. The fourth-order valence-electron chi connectivity index (χ4n) is 3.24. The van der Waals surface area contributed by atoms with E-state index in [-0.39, 0.29) is 11.5 Å². The minimum absolute atomic E-state index is 0.252. The highest BCUT2D eigenvalue weighted by Crippen LogP contribution is 2.35. The number of nitrogens with zero attached hydrogens (tertiary/aromatic N) is 2. The smallest absolute Gasteiger partial charge is 0.496 e. The molecule has 0 spiro atoms. The molecule has 2 aromatic rings. The van der Waals surface area contributed by atoms with Crippen LogP contribution in [0.3, 0.4) is 0 Å². The van der Waals surface area contributed by atoms with Crippen LogP contribution < -0.4 is 14.8 Å². The first-order valence-electron chi connectivity index (χ1n) is 8.87. The summed E-state index contributed by atoms with van der Waals surface area (Å²) in [6.45, 7) is 2.26. The van der Waals surface area contributed by atoms with Crippen molar-refractivity contribution in [2.24, 2.45) is 5.92 Å². The summed E-state index contributed by atoms with van der Waals surface area (Å²) >= 11 is 0. The minimum Gasteiger partial charge on any atom is -0.496 e. The van der Waals surface area contributed by atoms with E-state index in [4.69, 9.17) is 4.74 Å². The van der Waals surface area contributed by atoms with Crippen molar-refractivity contribution in [2.45, 2.75) is 45.0 Å². The number of aromatic nitrogens is 2. The van der Waals surface area contributed by atoms with Gasteiger partial charge in [0, 0.05) is 35.6 Å². The number of rotatable bonds is 5. The largest absolute Gasteiger partial charge is 0.573 e. The summed E-state index contributed by atoms with van der Waals surface area (Å²) in [6.07, 6.45) is 3.09. The van der Waals surface area contributed by atoms with Crippen molar-refractivity contribution in [1.82, 2.24) is 9.97 Å². The van der Waals surface area contributed by atoms with Gasteiger partial charge >= 0.3 is 6.36 Å². The number of nitrogens with one attached hydrogen (secondary N) is 1. The number of alkyl halides is 3. The van der Waals surface area contributed by atoms with Crippen molar-refractivity contribution in [2.75, 3.05) is 12.4 Å². The zero-order valence-corrected chi connectivity index (χ0v) is 15.2. The molecule has 1 fully saturated rings. The number of ether oxygens (including phenoxy) is 2. The van der Waals surface area contributed by atoms with E-state index >= 15 is 0 Å². The lowest BCUT2D eigenvalue weighted by molar-refractivity contribution is -0.274. The van der Waals surface area contributed by atoms with Gasteiger partial charge in [0.05, 0.1) is 7.11 Å². The van der Waals surface area contributed by atoms with Crippen molar-refractivity contribution >= 4 is 5.95 Å². The summed E-state index contributed by atoms with van der Waals surface area (Å²) in [5, 5.41) is 3.35. The molecule has 1 aromatic carbocycles. The predicted molar refractivity (Wildman–Crippen MR) is 95.7 cm³/mol. The second-order valence-corrected chi connectivity index (χ2v) is 6.81. The van der Waals surface area contributed by atoms with Crippen LogP contribution >= 0.6 is 0 Å². The summed E-state index contributed by atoms with van der Waals surface area (Å²) in [6, 6.07) is 4.30. The summed E-state index contributed by atoms with van der Waals surface area (Å²) < 4.78 is 46.2. The van der Waals surface area contributed by atoms with Crippen LogP contribution in [0, 0.1) is 5.92 Å². The Labute approximate surface area is 155 Å². The molecule has 1 aliphatic rings. The monoisotopic (exact) mass is 381 g/mol.